The lowest BCUT2D eigenvalue weighted by Crippen LogP contribution is -2.51. The summed E-state index contributed by atoms with van der Waals surface area (Å²) < 4.78 is 11.2. The van der Waals surface area contributed by atoms with Crippen molar-refractivity contribution in [1.29, 1.82) is 0 Å². The summed E-state index contributed by atoms with van der Waals surface area (Å²) in [6, 6.07) is 1.71. The number of rotatable bonds is 3. The molecular formula is C20H28N2O4. The van der Waals surface area contributed by atoms with E-state index in [0.717, 1.165) is 58.2 Å². The third-order valence-corrected chi connectivity index (χ3v) is 6.25. The summed E-state index contributed by atoms with van der Waals surface area (Å²) in [5.74, 6) is 0.760. The maximum absolute atomic E-state index is 12.5. The van der Waals surface area contributed by atoms with E-state index in [-0.39, 0.29) is 11.5 Å². The SMILES string of the molecule is O=C(CC1CCOC2(CCN(C(=O)c3ccoc3)CC2)C1)N1CCCC1. The minimum atomic E-state index is -0.151. The Bertz CT molecular complexity index is 628. The van der Waals surface area contributed by atoms with Crippen LogP contribution in [-0.2, 0) is 9.53 Å². The van der Waals surface area contributed by atoms with Gasteiger partial charge < -0.3 is 19.0 Å². The monoisotopic (exact) mass is 360 g/mol. The highest BCUT2D eigenvalue weighted by Gasteiger charge is 2.42. The zero-order chi connectivity index (χ0) is 18.0. The highest BCUT2D eigenvalue weighted by atomic mass is 16.5. The molecule has 0 aliphatic carbocycles. The minimum Gasteiger partial charge on any atom is -0.472 e. The third-order valence-electron chi connectivity index (χ3n) is 6.25. The Morgan fingerprint density at radius 1 is 1.12 bits per heavy atom. The molecule has 3 aliphatic rings. The first-order valence-electron chi connectivity index (χ1n) is 9.88. The summed E-state index contributed by atoms with van der Waals surface area (Å²) in [4.78, 5) is 28.9. The number of hydrogen-bond donors (Lipinski definition) is 0. The summed E-state index contributed by atoms with van der Waals surface area (Å²) in [6.07, 6.45) is 9.60. The van der Waals surface area contributed by atoms with Gasteiger partial charge in [-0.2, -0.15) is 0 Å². The van der Waals surface area contributed by atoms with Gasteiger partial charge in [0.1, 0.15) is 6.26 Å². The molecule has 0 saturated carbocycles. The van der Waals surface area contributed by atoms with Gasteiger partial charge in [0.05, 0.1) is 17.4 Å². The van der Waals surface area contributed by atoms with E-state index in [9.17, 15) is 9.59 Å². The molecule has 0 N–H and O–H groups in total. The van der Waals surface area contributed by atoms with E-state index < -0.39 is 0 Å². The van der Waals surface area contributed by atoms with Crippen LogP contribution >= 0.6 is 0 Å². The summed E-state index contributed by atoms with van der Waals surface area (Å²) in [5, 5.41) is 0. The normalized spacial score (nSPS) is 25.6. The third kappa shape index (κ3) is 3.65. The van der Waals surface area contributed by atoms with Gasteiger partial charge in [0.25, 0.3) is 5.91 Å². The van der Waals surface area contributed by atoms with Gasteiger partial charge in [0.2, 0.25) is 5.91 Å². The molecular weight excluding hydrogens is 332 g/mol. The summed E-state index contributed by atoms with van der Waals surface area (Å²) in [5.41, 5.74) is 0.459. The number of ether oxygens (including phenoxy) is 1. The topological polar surface area (TPSA) is 63.0 Å². The van der Waals surface area contributed by atoms with Gasteiger partial charge in [0, 0.05) is 39.2 Å². The molecule has 0 bridgehead atoms. The van der Waals surface area contributed by atoms with Gasteiger partial charge in [-0.15, -0.1) is 0 Å². The molecule has 6 heteroatoms. The molecule has 3 aliphatic heterocycles. The average Bonchev–Trinajstić information content (AvgIpc) is 3.36. The first-order valence-corrected chi connectivity index (χ1v) is 9.88. The summed E-state index contributed by atoms with van der Waals surface area (Å²) in [7, 11) is 0. The van der Waals surface area contributed by atoms with Gasteiger partial charge in [0.15, 0.2) is 0 Å². The first-order chi connectivity index (χ1) is 12.7. The number of hydrogen-bond acceptors (Lipinski definition) is 4. The Morgan fingerprint density at radius 3 is 2.58 bits per heavy atom. The van der Waals surface area contributed by atoms with E-state index in [1.54, 1.807) is 6.07 Å². The molecule has 26 heavy (non-hydrogen) atoms. The minimum absolute atomic E-state index is 0.0326. The zero-order valence-corrected chi connectivity index (χ0v) is 15.3. The molecule has 1 spiro atoms. The maximum atomic E-state index is 12.5. The Balaban J connectivity index is 1.31. The van der Waals surface area contributed by atoms with Crippen molar-refractivity contribution in [3.8, 4) is 0 Å². The van der Waals surface area contributed by atoms with E-state index in [1.165, 1.54) is 12.5 Å². The number of carbonyl (C=O) groups is 2. The van der Waals surface area contributed by atoms with Crippen LogP contribution in [0.5, 0.6) is 0 Å². The van der Waals surface area contributed by atoms with Gasteiger partial charge >= 0.3 is 0 Å². The van der Waals surface area contributed by atoms with Crippen molar-refractivity contribution < 1.29 is 18.7 Å². The number of piperidine rings is 1. The maximum Gasteiger partial charge on any atom is 0.257 e. The molecule has 0 radical (unpaired) electrons. The first kappa shape index (κ1) is 17.6. The van der Waals surface area contributed by atoms with Crippen LogP contribution in [0.4, 0.5) is 0 Å². The van der Waals surface area contributed by atoms with Crippen molar-refractivity contribution in [2.45, 2.75) is 50.5 Å². The number of likely N-dealkylation sites (tertiary alicyclic amines) is 2. The lowest BCUT2D eigenvalue weighted by molar-refractivity contribution is -0.140. The fraction of sp³-hybridized carbons (Fsp3) is 0.700. The molecule has 142 valence electrons. The second-order valence-electron chi connectivity index (χ2n) is 7.99. The molecule has 3 fully saturated rings. The van der Waals surface area contributed by atoms with Crippen LogP contribution in [0.25, 0.3) is 0 Å². The van der Waals surface area contributed by atoms with Crippen molar-refractivity contribution in [1.82, 2.24) is 9.80 Å². The second-order valence-corrected chi connectivity index (χ2v) is 7.99. The Morgan fingerprint density at radius 2 is 1.88 bits per heavy atom. The molecule has 1 unspecified atom stereocenters. The smallest absolute Gasteiger partial charge is 0.257 e. The quantitative estimate of drug-likeness (QED) is 0.831. The molecule has 6 nitrogen and oxygen atoms in total. The van der Waals surface area contributed by atoms with Crippen LogP contribution in [0.1, 0.15) is 55.3 Å². The van der Waals surface area contributed by atoms with E-state index in [4.69, 9.17) is 9.15 Å². The molecule has 3 saturated heterocycles. The molecule has 0 aromatic carbocycles. The van der Waals surface area contributed by atoms with Crippen molar-refractivity contribution in [3.05, 3.63) is 24.2 Å². The highest BCUT2D eigenvalue weighted by molar-refractivity contribution is 5.93. The van der Waals surface area contributed by atoms with Crippen LogP contribution in [-0.4, -0.2) is 60.0 Å². The lowest BCUT2D eigenvalue weighted by atomic mass is 9.78. The number of amides is 2. The van der Waals surface area contributed by atoms with E-state index >= 15 is 0 Å². The van der Waals surface area contributed by atoms with Gasteiger partial charge in [-0.05, 0) is 50.5 Å². The number of furan rings is 1. The molecule has 1 aromatic rings. The predicted molar refractivity (Wildman–Crippen MR) is 95.7 cm³/mol. The van der Waals surface area contributed by atoms with Crippen molar-refractivity contribution in [3.63, 3.8) is 0 Å². The van der Waals surface area contributed by atoms with Crippen LogP contribution in [0, 0.1) is 5.92 Å². The average molecular weight is 360 g/mol. The van der Waals surface area contributed by atoms with E-state index in [1.807, 2.05) is 9.80 Å². The summed E-state index contributed by atoms with van der Waals surface area (Å²) in [6.45, 7) is 4.00. The van der Waals surface area contributed by atoms with Gasteiger partial charge in [-0.1, -0.05) is 0 Å². The van der Waals surface area contributed by atoms with E-state index in [2.05, 4.69) is 0 Å². The highest BCUT2D eigenvalue weighted by Crippen LogP contribution is 2.39. The molecule has 4 rings (SSSR count). The fourth-order valence-electron chi connectivity index (χ4n) is 4.68. The largest absolute Gasteiger partial charge is 0.472 e. The molecule has 1 aromatic heterocycles. The van der Waals surface area contributed by atoms with Crippen LogP contribution in [0.3, 0.4) is 0 Å². The standard InChI is InChI=1S/C20H28N2O4/c23-18(21-7-1-2-8-21)13-16-3-12-26-20(14-16)5-9-22(10-6-20)19(24)17-4-11-25-15-17/h4,11,15-16H,1-3,5-10,12-14H2. The van der Waals surface area contributed by atoms with Gasteiger partial charge in [-0.25, -0.2) is 0 Å². The Kier molecular flexibility index (Phi) is 5.02. The van der Waals surface area contributed by atoms with E-state index in [0.29, 0.717) is 36.9 Å². The van der Waals surface area contributed by atoms with Crippen molar-refractivity contribution in [2.24, 2.45) is 5.92 Å². The molecule has 4 heterocycles. The van der Waals surface area contributed by atoms with Crippen LogP contribution < -0.4 is 0 Å². The van der Waals surface area contributed by atoms with Crippen LogP contribution in [0.15, 0.2) is 23.0 Å². The molecule has 2 amide bonds. The zero-order valence-electron chi connectivity index (χ0n) is 15.3. The second kappa shape index (κ2) is 7.43. The Labute approximate surface area is 154 Å². The van der Waals surface area contributed by atoms with Crippen LogP contribution in [0.2, 0.25) is 0 Å². The van der Waals surface area contributed by atoms with Gasteiger partial charge in [-0.3, -0.25) is 9.59 Å². The predicted octanol–water partition coefficient (Wildman–Crippen LogP) is 2.69. The van der Waals surface area contributed by atoms with Crippen molar-refractivity contribution in [2.75, 3.05) is 32.8 Å². The summed E-state index contributed by atoms with van der Waals surface area (Å²) >= 11 is 0. The number of nitrogens with zero attached hydrogens (tertiary/aromatic N) is 2. The molecule has 1 atom stereocenters. The number of carbonyl (C=O) groups excluding carboxylic acids is 2. The fourth-order valence-corrected chi connectivity index (χ4v) is 4.68. The Hall–Kier alpha value is -1.82. The lowest BCUT2D eigenvalue weighted by Gasteiger charge is -2.46. The van der Waals surface area contributed by atoms with Crippen molar-refractivity contribution >= 4 is 11.8 Å².